The average Bonchev–Trinajstić information content (AvgIpc) is 2.88. The van der Waals surface area contributed by atoms with Gasteiger partial charge in [0.15, 0.2) is 0 Å². The van der Waals surface area contributed by atoms with Gasteiger partial charge in [-0.3, -0.25) is 0 Å². The van der Waals surface area contributed by atoms with Crippen molar-refractivity contribution in [2.75, 3.05) is 0 Å². The van der Waals surface area contributed by atoms with Gasteiger partial charge in [0.1, 0.15) is 11.4 Å². The summed E-state index contributed by atoms with van der Waals surface area (Å²) in [5, 5.41) is 0. The number of carbonyl (C=O) groups is 1. The number of carbonyl (C=O) groups excluding carboxylic acids is 1. The zero-order valence-corrected chi connectivity index (χ0v) is 11.7. The van der Waals surface area contributed by atoms with Crippen molar-refractivity contribution in [2.45, 2.75) is 45.1 Å². The zero-order valence-electron chi connectivity index (χ0n) is 11.7. The molecule has 0 saturated heterocycles. The molecule has 1 atom stereocenters. The summed E-state index contributed by atoms with van der Waals surface area (Å²) in [6.45, 7) is 5.74. The molecular weight excluding hydrogens is 240 g/mol. The molecule has 0 aliphatic carbocycles. The van der Waals surface area contributed by atoms with Gasteiger partial charge >= 0.3 is 5.97 Å². The maximum atomic E-state index is 11.6. The molecule has 0 aliphatic heterocycles. The molecule has 3 heteroatoms. The molecule has 1 aromatic heterocycles. The highest BCUT2D eigenvalue weighted by Crippen LogP contribution is 2.20. The van der Waals surface area contributed by atoms with Crippen LogP contribution in [0.5, 0.6) is 0 Å². The Balaban J connectivity index is 2.50. The van der Waals surface area contributed by atoms with Crippen molar-refractivity contribution in [3.8, 4) is 12.3 Å². The van der Waals surface area contributed by atoms with E-state index in [2.05, 4.69) is 5.92 Å². The number of esters is 1. The molecule has 0 bridgehead atoms. The highest BCUT2D eigenvalue weighted by Gasteiger charge is 2.18. The standard InChI is InChI=1S/C16H20O3/c1-5-13(14-10-8-12-18-14)9-7-11-15(17)19-16(3,4)6-2/h1,7-8,10-13H,6,9H2,2-4H3/b11-7+/t13-/m0/s1. The minimum absolute atomic E-state index is 0.154. The van der Waals surface area contributed by atoms with E-state index >= 15 is 0 Å². The van der Waals surface area contributed by atoms with Gasteiger partial charge in [-0.05, 0) is 38.8 Å². The van der Waals surface area contributed by atoms with Crippen LogP contribution in [0.3, 0.4) is 0 Å². The van der Waals surface area contributed by atoms with Gasteiger partial charge in [-0.15, -0.1) is 6.42 Å². The molecule has 0 unspecified atom stereocenters. The molecule has 1 heterocycles. The van der Waals surface area contributed by atoms with E-state index in [4.69, 9.17) is 15.6 Å². The second kappa shape index (κ2) is 6.84. The Kier molecular flexibility index (Phi) is 5.44. The summed E-state index contributed by atoms with van der Waals surface area (Å²) in [5.74, 6) is 2.87. The lowest BCUT2D eigenvalue weighted by Crippen LogP contribution is -2.25. The van der Waals surface area contributed by atoms with Crippen molar-refractivity contribution in [1.29, 1.82) is 0 Å². The van der Waals surface area contributed by atoms with Crippen LogP contribution in [0.25, 0.3) is 0 Å². The molecule has 3 nitrogen and oxygen atoms in total. The van der Waals surface area contributed by atoms with Crippen molar-refractivity contribution in [3.05, 3.63) is 36.3 Å². The first-order valence-electron chi connectivity index (χ1n) is 6.37. The van der Waals surface area contributed by atoms with Crippen LogP contribution in [0.15, 0.2) is 35.0 Å². The number of hydrogen-bond acceptors (Lipinski definition) is 3. The Hall–Kier alpha value is -1.95. The van der Waals surface area contributed by atoms with E-state index in [0.29, 0.717) is 6.42 Å². The van der Waals surface area contributed by atoms with Crippen molar-refractivity contribution in [1.82, 2.24) is 0 Å². The van der Waals surface area contributed by atoms with E-state index in [9.17, 15) is 4.79 Å². The largest absolute Gasteiger partial charge is 0.468 e. The predicted molar refractivity (Wildman–Crippen MR) is 74.5 cm³/mol. The minimum atomic E-state index is -0.437. The van der Waals surface area contributed by atoms with Gasteiger partial charge in [0.25, 0.3) is 0 Å². The van der Waals surface area contributed by atoms with Crippen LogP contribution in [0.2, 0.25) is 0 Å². The van der Waals surface area contributed by atoms with Gasteiger partial charge in [-0.2, -0.15) is 0 Å². The van der Waals surface area contributed by atoms with Gasteiger partial charge in [0.05, 0.1) is 12.2 Å². The van der Waals surface area contributed by atoms with E-state index < -0.39 is 5.60 Å². The van der Waals surface area contributed by atoms with E-state index in [1.807, 2.05) is 26.8 Å². The zero-order chi connectivity index (χ0) is 14.3. The van der Waals surface area contributed by atoms with Crippen LogP contribution >= 0.6 is 0 Å². The van der Waals surface area contributed by atoms with Gasteiger partial charge in [0.2, 0.25) is 0 Å². The number of furan rings is 1. The first-order valence-corrected chi connectivity index (χ1v) is 6.37. The van der Waals surface area contributed by atoms with Crippen LogP contribution in [-0.2, 0) is 9.53 Å². The molecule has 0 aliphatic rings. The van der Waals surface area contributed by atoms with Gasteiger partial charge in [0, 0.05) is 6.08 Å². The maximum Gasteiger partial charge on any atom is 0.330 e. The summed E-state index contributed by atoms with van der Waals surface area (Å²) in [7, 11) is 0. The average molecular weight is 260 g/mol. The maximum absolute atomic E-state index is 11.6. The molecule has 0 aromatic carbocycles. The third kappa shape index (κ3) is 5.05. The summed E-state index contributed by atoms with van der Waals surface area (Å²) >= 11 is 0. The molecule has 102 valence electrons. The van der Waals surface area contributed by atoms with Crippen LogP contribution in [0.4, 0.5) is 0 Å². The Bertz CT molecular complexity index is 461. The lowest BCUT2D eigenvalue weighted by molar-refractivity contribution is -0.150. The molecule has 19 heavy (non-hydrogen) atoms. The lowest BCUT2D eigenvalue weighted by atomic mass is 10.0. The normalized spacial score (nSPS) is 13.2. The van der Waals surface area contributed by atoms with E-state index in [-0.39, 0.29) is 11.9 Å². The first-order chi connectivity index (χ1) is 8.98. The van der Waals surface area contributed by atoms with Gasteiger partial charge in [-0.1, -0.05) is 18.9 Å². The SMILES string of the molecule is C#C[C@@H](C/C=C/C(=O)OC(C)(C)CC)c1ccco1. The molecule has 0 amide bonds. The Labute approximate surface area is 114 Å². The van der Waals surface area contributed by atoms with E-state index in [0.717, 1.165) is 12.2 Å². The molecule has 0 radical (unpaired) electrons. The molecule has 0 N–H and O–H groups in total. The fourth-order valence-corrected chi connectivity index (χ4v) is 1.43. The summed E-state index contributed by atoms with van der Waals surface area (Å²) in [6, 6.07) is 3.62. The number of terminal acetylenes is 1. The monoisotopic (exact) mass is 260 g/mol. The molecule has 0 fully saturated rings. The summed E-state index contributed by atoms with van der Waals surface area (Å²) in [4.78, 5) is 11.6. The summed E-state index contributed by atoms with van der Waals surface area (Å²) < 4.78 is 10.5. The number of hydrogen-bond donors (Lipinski definition) is 0. The Morgan fingerprint density at radius 2 is 2.37 bits per heavy atom. The van der Waals surface area contributed by atoms with Crippen LogP contribution < -0.4 is 0 Å². The van der Waals surface area contributed by atoms with Crippen molar-refractivity contribution in [3.63, 3.8) is 0 Å². The third-order valence-corrected chi connectivity index (χ3v) is 2.94. The second-order valence-electron chi connectivity index (χ2n) is 4.91. The highest BCUT2D eigenvalue weighted by atomic mass is 16.6. The lowest BCUT2D eigenvalue weighted by Gasteiger charge is -2.22. The van der Waals surface area contributed by atoms with Crippen LogP contribution in [-0.4, -0.2) is 11.6 Å². The minimum Gasteiger partial charge on any atom is -0.468 e. The summed E-state index contributed by atoms with van der Waals surface area (Å²) in [5.41, 5.74) is -0.437. The van der Waals surface area contributed by atoms with E-state index in [1.165, 1.54) is 6.08 Å². The third-order valence-electron chi connectivity index (χ3n) is 2.94. The topological polar surface area (TPSA) is 39.4 Å². The predicted octanol–water partition coefficient (Wildman–Crippen LogP) is 3.67. The van der Waals surface area contributed by atoms with Crippen molar-refractivity contribution >= 4 is 5.97 Å². The quantitative estimate of drug-likeness (QED) is 0.445. The fraction of sp³-hybridized carbons (Fsp3) is 0.438. The Morgan fingerprint density at radius 1 is 1.63 bits per heavy atom. The van der Waals surface area contributed by atoms with E-state index in [1.54, 1.807) is 18.4 Å². The number of rotatable bonds is 6. The van der Waals surface area contributed by atoms with Gasteiger partial charge < -0.3 is 9.15 Å². The number of ether oxygens (including phenoxy) is 1. The smallest absolute Gasteiger partial charge is 0.330 e. The van der Waals surface area contributed by atoms with Crippen molar-refractivity contribution < 1.29 is 13.9 Å². The number of allylic oxidation sites excluding steroid dienone is 1. The molecule has 0 saturated carbocycles. The molecule has 1 rings (SSSR count). The van der Waals surface area contributed by atoms with Gasteiger partial charge in [-0.25, -0.2) is 4.79 Å². The summed E-state index contributed by atoms with van der Waals surface area (Å²) in [6.07, 6.45) is 11.5. The fourth-order valence-electron chi connectivity index (χ4n) is 1.43. The molecule has 0 spiro atoms. The second-order valence-corrected chi connectivity index (χ2v) is 4.91. The Morgan fingerprint density at radius 3 is 2.89 bits per heavy atom. The van der Waals surface area contributed by atoms with Crippen molar-refractivity contribution in [2.24, 2.45) is 0 Å². The molecule has 1 aromatic rings. The highest BCUT2D eigenvalue weighted by molar-refractivity contribution is 5.82. The molecular formula is C16H20O3. The first kappa shape index (κ1) is 15.1. The van der Waals surface area contributed by atoms with Crippen LogP contribution in [0.1, 0.15) is 45.3 Å². The van der Waals surface area contributed by atoms with Crippen LogP contribution in [0, 0.1) is 12.3 Å².